The summed E-state index contributed by atoms with van der Waals surface area (Å²) in [4.78, 5) is 25.4. The number of hydrogen-bond acceptors (Lipinski definition) is 4. The van der Waals surface area contributed by atoms with Crippen LogP contribution in [0.2, 0.25) is 0 Å². The molecule has 0 aromatic heterocycles. The molecule has 5 rings (SSSR count). The van der Waals surface area contributed by atoms with Gasteiger partial charge in [0.05, 0.1) is 21.9 Å². The average molecular weight is 336 g/mol. The number of rotatable bonds is 2. The third kappa shape index (κ3) is 1.80. The lowest BCUT2D eigenvalue weighted by molar-refractivity contribution is -0.383. The second-order valence-corrected chi connectivity index (χ2v) is 7.08. The van der Waals surface area contributed by atoms with Gasteiger partial charge < -0.3 is 5.11 Å². The monoisotopic (exact) mass is 336 g/mol. The SMILES string of the molecule is O=C1C2C3C=CC(C3)C2C(O)N1c1ccc([N+](=O)[O-])c2ccccc12. The highest BCUT2D eigenvalue weighted by Gasteiger charge is 2.59. The molecule has 25 heavy (non-hydrogen) atoms. The number of fused-ring (bicyclic) bond motifs is 6. The Morgan fingerprint density at radius 1 is 1.08 bits per heavy atom. The summed E-state index contributed by atoms with van der Waals surface area (Å²) >= 11 is 0. The molecule has 2 fully saturated rings. The fraction of sp³-hybridized carbons (Fsp3) is 0.316. The highest BCUT2D eigenvalue weighted by Crippen LogP contribution is 2.55. The first-order valence-electron chi connectivity index (χ1n) is 8.43. The largest absolute Gasteiger partial charge is 0.373 e. The lowest BCUT2D eigenvalue weighted by Crippen LogP contribution is -2.37. The quantitative estimate of drug-likeness (QED) is 0.519. The molecule has 2 aromatic rings. The number of non-ortho nitro benzene ring substituents is 1. The van der Waals surface area contributed by atoms with E-state index in [1.165, 1.54) is 11.0 Å². The van der Waals surface area contributed by atoms with Gasteiger partial charge in [-0.1, -0.05) is 30.4 Å². The minimum Gasteiger partial charge on any atom is -0.373 e. The van der Waals surface area contributed by atoms with E-state index in [0.29, 0.717) is 16.5 Å². The Labute approximate surface area is 143 Å². The minimum atomic E-state index is -0.887. The fourth-order valence-corrected chi connectivity index (χ4v) is 4.98. The molecule has 6 nitrogen and oxygen atoms in total. The summed E-state index contributed by atoms with van der Waals surface area (Å²) < 4.78 is 0. The average Bonchev–Trinajstić information content (AvgIpc) is 3.28. The van der Waals surface area contributed by atoms with Crippen molar-refractivity contribution in [3.63, 3.8) is 0 Å². The predicted molar refractivity (Wildman–Crippen MR) is 91.8 cm³/mol. The van der Waals surface area contributed by atoms with Crippen molar-refractivity contribution in [2.45, 2.75) is 12.6 Å². The van der Waals surface area contributed by atoms with Gasteiger partial charge in [-0.2, -0.15) is 0 Å². The number of carbonyl (C=O) groups excluding carboxylic acids is 1. The normalized spacial score (nSPS) is 32.6. The lowest BCUT2D eigenvalue weighted by atomic mass is 9.85. The standard InChI is InChI=1S/C19H16N2O4/c22-18-16-10-5-6-11(9-10)17(16)19(23)20(18)14-7-8-15(21(24)25)13-4-2-1-3-12(13)14/h1-8,10-11,16-18,22H,9H2. The number of hydrogen-bond donors (Lipinski definition) is 1. The van der Waals surface area contributed by atoms with Gasteiger partial charge in [0.25, 0.3) is 5.69 Å². The van der Waals surface area contributed by atoms with Gasteiger partial charge in [-0.05, 0) is 30.4 Å². The number of nitrogens with zero attached hydrogens (tertiary/aromatic N) is 2. The van der Waals surface area contributed by atoms with E-state index in [9.17, 15) is 20.0 Å². The maximum Gasteiger partial charge on any atom is 0.277 e. The summed E-state index contributed by atoms with van der Waals surface area (Å²) in [6, 6.07) is 9.96. The highest BCUT2D eigenvalue weighted by molar-refractivity contribution is 6.08. The van der Waals surface area contributed by atoms with Gasteiger partial charge in [-0.3, -0.25) is 19.8 Å². The number of nitro benzene ring substituents is 1. The Balaban J connectivity index is 1.66. The summed E-state index contributed by atoms with van der Waals surface area (Å²) in [5, 5.41) is 23.3. The van der Waals surface area contributed by atoms with Gasteiger partial charge in [0, 0.05) is 17.4 Å². The van der Waals surface area contributed by atoms with Crippen molar-refractivity contribution >= 4 is 28.1 Å². The molecule has 126 valence electrons. The molecule has 1 saturated carbocycles. The van der Waals surface area contributed by atoms with E-state index in [-0.39, 0.29) is 35.3 Å². The smallest absolute Gasteiger partial charge is 0.277 e. The van der Waals surface area contributed by atoms with Gasteiger partial charge in [0.15, 0.2) is 0 Å². The first-order chi connectivity index (χ1) is 12.1. The van der Waals surface area contributed by atoms with Crippen LogP contribution < -0.4 is 4.90 Å². The van der Waals surface area contributed by atoms with Crippen molar-refractivity contribution in [1.82, 2.24) is 0 Å². The third-order valence-corrected chi connectivity index (χ3v) is 5.99. The van der Waals surface area contributed by atoms with Crippen LogP contribution in [0.5, 0.6) is 0 Å². The van der Waals surface area contributed by atoms with E-state index in [4.69, 9.17) is 0 Å². The molecule has 2 aromatic carbocycles. The molecule has 3 aliphatic rings. The van der Waals surface area contributed by atoms with Crippen LogP contribution in [-0.4, -0.2) is 22.2 Å². The van der Waals surface area contributed by atoms with Crippen molar-refractivity contribution in [2.75, 3.05) is 4.90 Å². The molecular formula is C19H16N2O4. The number of benzene rings is 2. The number of allylic oxidation sites excluding steroid dienone is 2. The Hall–Kier alpha value is -2.73. The second-order valence-electron chi connectivity index (χ2n) is 7.08. The number of aliphatic hydroxyl groups is 1. The van der Waals surface area contributed by atoms with Crippen LogP contribution >= 0.6 is 0 Å². The van der Waals surface area contributed by atoms with E-state index >= 15 is 0 Å². The first kappa shape index (κ1) is 14.6. The molecule has 2 bridgehead atoms. The molecule has 1 saturated heterocycles. The zero-order valence-electron chi connectivity index (χ0n) is 13.3. The molecular weight excluding hydrogens is 320 g/mol. The predicted octanol–water partition coefficient (Wildman–Crippen LogP) is 2.85. The number of anilines is 1. The molecule has 0 radical (unpaired) electrons. The summed E-state index contributed by atoms with van der Waals surface area (Å²) in [5.41, 5.74) is 0.551. The van der Waals surface area contributed by atoms with Crippen molar-refractivity contribution in [3.05, 3.63) is 58.7 Å². The van der Waals surface area contributed by atoms with Crippen molar-refractivity contribution in [3.8, 4) is 0 Å². The molecule has 2 aliphatic carbocycles. The van der Waals surface area contributed by atoms with E-state index < -0.39 is 11.2 Å². The van der Waals surface area contributed by atoms with E-state index in [0.717, 1.165) is 6.42 Å². The van der Waals surface area contributed by atoms with E-state index in [2.05, 4.69) is 12.2 Å². The van der Waals surface area contributed by atoms with Crippen molar-refractivity contribution < 1.29 is 14.8 Å². The van der Waals surface area contributed by atoms with Crippen LogP contribution in [-0.2, 0) is 4.79 Å². The van der Waals surface area contributed by atoms with Crippen molar-refractivity contribution in [1.29, 1.82) is 0 Å². The summed E-state index contributed by atoms with van der Waals surface area (Å²) in [5.74, 6) is 0.0958. The molecule has 5 unspecified atom stereocenters. The summed E-state index contributed by atoms with van der Waals surface area (Å²) in [6.45, 7) is 0. The van der Waals surface area contributed by atoms with Crippen LogP contribution in [0.1, 0.15) is 6.42 Å². The van der Waals surface area contributed by atoms with E-state index in [1.807, 2.05) is 0 Å². The summed E-state index contributed by atoms with van der Waals surface area (Å²) in [7, 11) is 0. The Morgan fingerprint density at radius 3 is 2.52 bits per heavy atom. The Morgan fingerprint density at radius 2 is 1.80 bits per heavy atom. The van der Waals surface area contributed by atoms with Crippen LogP contribution in [0, 0.1) is 33.8 Å². The molecule has 6 heteroatoms. The van der Waals surface area contributed by atoms with Crippen LogP contribution in [0.4, 0.5) is 11.4 Å². The highest BCUT2D eigenvalue weighted by atomic mass is 16.6. The van der Waals surface area contributed by atoms with Gasteiger partial charge in [0.1, 0.15) is 6.23 Å². The lowest BCUT2D eigenvalue weighted by Gasteiger charge is -2.26. The van der Waals surface area contributed by atoms with Crippen molar-refractivity contribution in [2.24, 2.45) is 23.7 Å². The first-order valence-corrected chi connectivity index (χ1v) is 8.43. The number of nitro groups is 1. The molecule has 5 atom stereocenters. The topological polar surface area (TPSA) is 83.7 Å². The minimum absolute atomic E-state index is 0.00224. The van der Waals surface area contributed by atoms with Crippen LogP contribution in [0.25, 0.3) is 10.8 Å². The van der Waals surface area contributed by atoms with Gasteiger partial charge in [-0.15, -0.1) is 0 Å². The number of carbonyl (C=O) groups is 1. The van der Waals surface area contributed by atoms with E-state index in [1.54, 1.807) is 30.3 Å². The zero-order chi connectivity index (χ0) is 17.3. The molecule has 1 aliphatic heterocycles. The third-order valence-electron chi connectivity index (χ3n) is 5.99. The summed E-state index contributed by atoms with van der Waals surface area (Å²) in [6.07, 6.45) is 4.25. The Kier molecular flexibility index (Phi) is 2.86. The zero-order valence-corrected chi connectivity index (χ0v) is 13.3. The molecule has 1 heterocycles. The fourth-order valence-electron chi connectivity index (χ4n) is 4.98. The molecule has 1 amide bonds. The maximum atomic E-state index is 13.0. The number of amides is 1. The number of aliphatic hydroxyl groups excluding tert-OH is 1. The van der Waals surface area contributed by atoms with Crippen LogP contribution in [0.15, 0.2) is 48.6 Å². The molecule has 0 spiro atoms. The van der Waals surface area contributed by atoms with Gasteiger partial charge in [-0.25, -0.2) is 0 Å². The Bertz CT molecular complexity index is 954. The van der Waals surface area contributed by atoms with Gasteiger partial charge in [0.2, 0.25) is 5.91 Å². The maximum absolute atomic E-state index is 13.0. The van der Waals surface area contributed by atoms with Crippen LogP contribution in [0.3, 0.4) is 0 Å². The molecule has 1 N–H and O–H groups in total. The second kappa shape index (κ2) is 4.89. The van der Waals surface area contributed by atoms with Gasteiger partial charge >= 0.3 is 0 Å².